The molecular weight excluding hydrogens is 238 g/mol. The van der Waals surface area contributed by atoms with E-state index in [1.807, 2.05) is 6.07 Å². The van der Waals surface area contributed by atoms with Gasteiger partial charge in [0.1, 0.15) is 11.5 Å². The molecule has 2 N–H and O–H groups in total. The molecule has 1 saturated carbocycles. The lowest BCUT2D eigenvalue weighted by Crippen LogP contribution is -2.29. The van der Waals surface area contributed by atoms with Crippen LogP contribution in [0.15, 0.2) is 18.2 Å². The highest BCUT2D eigenvalue weighted by Crippen LogP contribution is 2.29. The Morgan fingerprint density at radius 2 is 2.11 bits per heavy atom. The van der Waals surface area contributed by atoms with E-state index in [1.165, 1.54) is 25.7 Å². The van der Waals surface area contributed by atoms with Crippen molar-refractivity contribution >= 4 is 0 Å². The summed E-state index contributed by atoms with van der Waals surface area (Å²) >= 11 is 0. The number of rotatable bonds is 5. The van der Waals surface area contributed by atoms with Crippen LogP contribution >= 0.6 is 0 Å². The van der Waals surface area contributed by atoms with E-state index in [9.17, 15) is 5.11 Å². The maximum Gasteiger partial charge on any atom is 0.120 e. The Kier molecular flexibility index (Phi) is 5.08. The molecular formula is C16H25NO2. The molecule has 0 aromatic heterocycles. The zero-order chi connectivity index (χ0) is 13.7. The Morgan fingerprint density at radius 1 is 1.32 bits per heavy atom. The first-order chi connectivity index (χ1) is 9.20. The molecule has 0 spiro atoms. The van der Waals surface area contributed by atoms with Crippen LogP contribution in [0.4, 0.5) is 0 Å². The third kappa shape index (κ3) is 3.87. The van der Waals surface area contributed by atoms with Gasteiger partial charge in [-0.1, -0.05) is 26.2 Å². The minimum atomic E-state index is 0.338. The van der Waals surface area contributed by atoms with E-state index >= 15 is 0 Å². The van der Waals surface area contributed by atoms with Gasteiger partial charge in [-0.05, 0) is 43.0 Å². The average Bonchev–Trinajstić information content (AvgIpc) is 2.43. The second-order valence-corrected chi connectivity index (χ2v) is 5.65. The Balaban J connectivity index is 1.84. The minimum absolute atomic E-state index is 0.338. The summed E-state index contributed by atoms with van der Waals surface area (Å²) in [5.74, 6) is 2.73. The molecule has 0 radical (unpaired) electrons. The number of nitrogens with one attached hydrogen (secondary N) is 1. The molecule has 3 nitrogen and oxygen atoms in total. The molecule has 1 aliphatic rings. The summed E-state index contributed by atoms with van der Waals surface area (Å²) in [6.45, 7) is 4.10. The van der Waals surface area contributed by atoms with Crippen LogP contribution in [0.25, 0.3) is 0 Å². The van der Waals surface area contributed by atoms with Crippen LogP contribution in [0.3, 0.4) is 0 Å². The molecule has 1 aromatic carbocycles. The van der Waals surface area contributed by atoms with Gasteiger partial charge in [-0.25, -0.2) is 0 Å². The van der Waals surface area contributed by atoms with Crippen LogP contribution in [0, 0.1) is 11.8 Å². The fourth-order valence-electron chi connectivity index (χ4n) is 2.92. The van der Waals surface area contributed by atoms with E-state index in [0.717, 1.165) is 29.7 Å². The van der Waals surface area contributed by atoms with E-state index in [1.54, 1.807) is 19.2 Å². The van der Waals surface area contributed by atoms with Gasteiger partial charge in [0.2, 0.25) is 0 Å². The van der Waals surface area contributed by atoms with Crippen molar-refractivity contribution in [3.8, 4) is 11.5 Å². The first kappa shape index (κ1) is 14.2. The van der Waals surface area contributed by atoms with Gasteiger partial charge in [0, 0.05) is 12.1 Å². The summed E-state index contributed by atoms with van der Waals surface area (Å²) in [6, 6.07) is 5.37. The van der Waals surface area contributed by atoms with Crippen molar-refractivity contribution in [2.45, 2.75) is 39.2 Å². The van der Waals surface area contributed by atoms with Crippen molar-refractivity contribution in [2.75, 3.05) is 13.7 Å². The quantitative estimate of drug-likeness (QED) is 0.856. The summed E-state index contributed by atoms with van der Waals surface area (Å²) in [7, 11) is 1.65. The molecule has 2 unspecified atom stereocenters. The van der Waals surface area contributed by atoms with Gasteiger partial charge in [0.25, 0.3) is 0 Å². The second-order valence-electron chi connectivity index (χ2n) is 5.65. The molecule has 3 heteroatoms. The number of methoxy groups -OCH3 is 1. The van der Waals surface area contributed by atoms with Crippen LogP contribution < -0.4 is 10.1 Å². The Morgan fingerprint density at radius 3 is 2.84 bits per heavy atom. The SMILES string of the molecule is COc1ccc(O)c(CNCC2CCCCC2C)c1. The van der Waals surface area contributed by atoms with Gasteiger partial charge >= 0.3 is 0 Å². The zero-order valence-corrected chi connectivity index (χ0v) is 12.0. The van der Waals surface area contributed by atoms with Gasteiger partial charge in [0.05, 0.1) is 7.11 Å². The average molecular weight is 263 g/mol. The van der Waals surface area contributed by atoms with E-state index in [0.29, 0.717) is 12.3 Å². The first-order valence-electron chi connectivity index (χ1n) is 7.27. The molecule has 1 aliphatic carbocycles. The Hall–Kier alpha value is -1.22. The molecule has 0 bridgehead atoms. The topological polar surface area (TPSA) is 41.5 Å². The number of benzene rings is 1. The third-order valence-corrected chi connectivity index (χ3v) is 4.30. The van der Waals surface area contributed by atoms with Crippen molar-refractivity contribution in [2.24, 2.45) is 11.8 Å². The predicted molar refractivity (Wildman–Crippen MR) is 77.5 cm³/mol. The largest absolute Gasteiger partial charge is 0.508 e. The Labute approximate surface area is 116 Å². The summed E-state index contributed by atoms with van der Waals surface area (Å²) in [4.78, 5) is 0. The molecule has 1 aromatic rings. The number of aromatic hydroxyl groups is 1. The van der Waals surface area contributed by atoms with Gasteiger partial charge in [0.15, 0.2) is 0 Å². The monoisotopic (exact) mass is 263 g/mol. The van der Waals surface area contributed by atoms with Crippen LogP contribution in [-0.2, 0) is 6.54 Å². The predicted octanol–water partition coefficient (Wildman–Crippen LogP) is 3.32. The molecule has 0 amide bonds. The number of phenolic OH excluding ortho intramolecular Hbond substituents is 1. The maximum atomic E-state index is 9.82. The van der Waals surface area contributed by atoms with Crippen LogP contribution in [0.2, 0.25) is 0 Å². The molecule has 0 aliphatic heterocycles. The highest BCUT2D eigenvalue weighted by molar-refractivity contribution is 5.39. The molecule has 0 heterocycles. The van der Waals surface area contributed by atoms with Crippen LogP contribution in [-0.4, -0.2) is 18.8 Å². The minimum Gasteiger partial charge on any atom is -0.508 e. The van der Waals surface area contributed by atoms with E-state index in [-0.39, 0.29) is 0 Å². The summed E-state index contributed by atoms with van der Waals surface area (Å²) in [6.07, 6.45) is 5.43. The lowest BCUT2D eigenvalue weighted by atomic mass is 9.80. The Bertz CT molecular complexity index is 406. The third-order valence-electron chi connectivity index (χ3n) is 4.30. The van der Waals surface area contributed by atoms with Crippen molar-refractivity contribution in [1.82, 2.24) is 5.32 Å². The smallest absolute Gasteiger partial charge is 0.120 e. The standard InChI is InChI=1S/C16H25NO2/c1-12-5-3-4-6-13(12)10-17-11-14-9-15(19-2)7-8-16(14)18/h7-9,12-13,17-18H,3-6,10-11H2,1-2H3. The lowest BCUT2D eigenvalue weighted by molar-refractivity contribution is 0.247. The summed E-state index contributed by atoms with van der Waals surface area (Å²) < 4.78 is 5.18. The first-order valence-corrected chi connectivity index (χ1v) is 7.27. The summed E-state index contributed by atoms with van der Waals surface area (Å²) in [5.41, 5.74) is 0.905. The van der Waals surface area contributed by atoms with Gasteiger partial charge in [-0.2, -0.15) is 0 Å². The fourth-order valence-corrected chi connectivity index (χ4v) is 2.92. The van der Waals surface area contributed by atoms with Crippen molar-refractivity contribution in [3.63, 3.8) is 0 Å². The molecule has 1 fully saturated rings. The zero-order valence-electron chi connectivity index (χ0n) is 12.0. The molecule has 2 atom stereocenters. The summed E-state index contributed by atoms with van der Waals surface area (Å²) in [5, 5.41) is 13.3. The molecule has 19 heavy (non-hydrogen) atoms. The van der Waals surface area contributed by atoms with Gasteiger partial charge in [-0.15, -0.1) is 0 Å². The highest BCUT2D eigenvalue weighted by Gasteiger charge is 2.20. The van der Waals surface area contributed by atoms with Gasteiger partial charge in [-0.3, -0.25) is 0 Å². The number of hydrogen-bond acceptors (Lipinski definition) is 3. The maximum absolute atomic E-state index is 9.82. The van der Waals surface area contributed by atoms with Crippen molar-refractivity contribution < 1.29 is 9.84 Å². The highest BCUT2D eigenvalue weighted by atomic mass is 16.5. The molecule has 0 saturated heterocycles. The normalized spacial score (nSPS) is 23.3. The molecule has 2 rings (SSSR count). The van der Waals surface area contributed by atoms with Crippen LogP contribution in [0.5, 0.6) is 11.5 Å². The number of hydrogen-bond donors (Lipinski definition) is 2. The van der Waals surface area contributed by atoms with Crippen molar-refractivity contribution in [3.05, 3.63) is 23.8 Å². The van der Waals surface area contributed by atoms with E-state index in [2.05, 4.69) is 12.2 Å². The molecule has 106 valence electrons. The lowest BCUT2D eigenvalue weighted by Gasteiger charge is -2.29. The number of phenols is 1. The van der Waals surface area contributed by atoms with Crippen LogP contribution in [0.1, 0.15) is 38.2 Å². The second kappa shape index (κ2) is 6.80. The van der Waals surface area contributed by atoms with Gasteiger partial charge < -0.3 is 15.2 Å². The number of ether oxygens (including phenoxy) is 1. The van der Waals surface area contributed by atoms with E-state index < -0.39 is 0 Å². The fraction of sp³-hybridized carbons (Fsp3) is 0.625. The van der Waals surface area contributed by atoms with E-state index in [4.69, 9.17) is 4.74 Å². The van der Waals surface area contributed by atoms with Crippen molar-refractivity contribution in [1.29, 1.82) is 0 Å².